The highest BCUT2D eigenvalue weighted by Gasteiger charge is 2.24. The average Bonchev–Trinajstić information content (AvgIpc) is 2.63. The normalized spacial score (nSPS) is 22.4. The summed E-state index contributed by atoms with van der Waals surface area (Å²) in [4.78, 5) is 8.68. The van der Waals surface area contributed by atoms with E-state index in [0.29, 0.717) is 6.04 Å². The van der Waals surface area contributed by atoms with Gasteiger partial charge in [0.25, 0.3) is 0 Å². The smallest absolute Gasteiger partial charge is 0.0984 e. The van der Waals surface area contributed by atoms with Crippen LogP contribution in [0.4, 0.5) is 0 Å². The number of likely N-dealkylation sites (N-methyl/N-ethyl adjacent to an activating group) is 1. The first-order chi connectivity index (χ1) is 8.38. The first-order valence-corrected chi connectivity index (χ1v) is 7.57. The molecule has 0 spiro atoms. The van der Waals surface area contributed by atoms with Gasteiger partial charge in [-0.25, -0.2) is 4.98 Å². The van der Waals surface area contributed by atoms with Gasteiger partial charge in [-0.2, -0.15) is 0 Å². The lowest BCUT2D eigenvalue weighted by Crippen LogP contribution is -2.50. The Balaban J connectivity index is 2.11. The second kappa shape index (κ2) is 5.27. The summed E-state index contributed by atoms with van der Waals surface area (Å²) in [6.45, 7) is 12.2. The van der Waals surface area contributed by atoms with Gasteiger partial charge in [0.05, 0.1) is 10.7 Å². The summed E-state index contributed by atoms with van der Waals surface area (Å²) in [5.41, 5.74) is 1.40. The van der Waals surface area contributed by atoms with Crippen LogP contribution >= 0.6 is 11.3 Å². The summed E-state index contributed by atoms with van der Waals surface area (Å²) in [7, 11) is 2.23. The molecule has 3 nitrogen and oxygen atoms in total. The molecule has 1 aliphatic heterocycles. The Kier molecular flexibility index (Phi) is 4.09. The Bertz CT molecular complexity index is 406. The number of rotatable bonds is 2. The molecular formula is C14H25N3S. The molecule has 2 heterocycles. The first kappa shape index (κ1) is 14.0. The SMILES string of the molecule is Cc1nc(C(C)(C)C)sc1CC1CNCCN1C. The van der Waals surface area contributed by atoms with Crippen molar-refractivity contribution >= 4 is 11.3 Å². The monoisotopic (exact) mass is 267 g/mol. The van der Waals surface area contributed by atoms with Gasteiger partial charge in [0.2, 0.25) is 0 Å². The summed E-state index contributed by atoms with van der Waals surface area (Å²) in [5.74, 6) is 0. The van der Waals surface area contributed by atoms with Crippen LogP contribution in [0.25, 0.3) is 0 Å². The largest absolute Gasteiger partial charge is 0.314 e. The van der Waals surface area contributed by atoms with Crippen LogP contribution in [-0.4, -0.2) is 42.6 Å². The highest BCUT2D eigenvalue weighted by atomic mass is 32.1. The van der Waals surface area contributed by atoms with Crippen LogP contribution in [0.2, 0.25) is 0 Å². The summed E-state index contributed by atoms with van der Waals surface area (Å²) < 4.78 is 0. The molecule has 0 radical (unpaired) electrons. The van der Waals surface area contributed by atoms with E-state index in [1.165, 1.54) is 15.6 Å². The lowest BCUT2D eigenvalue weighted by Gasteiger charge is -2.32. The highest BCUT2D eigenvalue weighted by molar-refractivity contribution is 7.11. The maximum atomic E-state index is 4.75. The van der Waals surface area contributed by atoms with Crippen molar-refractivity contribution in [3.05, 3.63) is 15.6 Å². The van der Waals surface area contributed by atoms with Gasteiger partial charge in [0, 0.05) is 42.4 Å². The van der Waals surface area contributed by atoms with Gasteiger partial charge >= 0.3 is 0 Å². The van der Waals surface area contributed by atoms with Crippen molar-refractivity contribution in [1.82, 2.24) is 15.2 Å². The second-order valence-electron chi connectivity index (χ2n) is 6.32. The minimum absolute atomic E-state index is 0.171. The Morgan fingerprint density at radius 1 is 1.44 bits per heavy atom. The summed E-state index contributed by atoms with van der Waals surface area (Å²) in [5, 5.41) is 4.75. The molecular weight excluding hydrogens is 242 g/mol. The first-order valence-electron chi connectivity index (χ1n) is 6.75. The van der Waals surface area contributed by atoms with Gasteiger partial charge < -0.3 is 10.2 Å². The van der Waals surface area contributed by atoms with Crippen LogP contribution in [0.1, 0.15) is 36.3 Å². The van der Waals surface area contributed by atoms with Crippen molar-refractivity contribution in [3.8, 4) is 0 Å². The van der Waals surface area contributed by atoms with E-state index in [0.717, 1.165) is 26.1 Å². The molecule has 1 N–H and O–H groups in total. The zero-order chi connectivity index (χ0) is 13.3. The van der Waals surface area contributed by atoms with Gasteiger partial charge in [0.1, 0.15) is 0 Å². The fourth-order valence-electron chi connectivity index (χ4n) is 2.24. The maximum absolute atomic E-state index is 4.75. The zero-order valence-electron chi connectivity index (χ0n) is 12.2. The number of piperazine rings is 1. The highest BCUT2D eigenvalue weighted by Crippen LogP contribution is 2.30. The zero-order valence-corrected chi connectivity index (χ0v) is 13.0. The molecule has 2 rings (SSSR count). The number of nitrogens with one attached hydrogen (secondary N) is 1. The fraction of sp³-hybridized carbons (Fsp3) is 0.786. The molecule has 4 heteroatoms. The molecule has 0 aliphatic carbocycles. The number of thiazole rings is 1. The van der Waals surface area contributed by atoms with E-state index in [1.54, 1.807) is 0 Å². The lowest BCUT2D eigenvalue weighted by atomic mass is 9.98. The summed E-state index contributed by atoms with van der Waals surface area (Å²) in [6.07, 6.45) is 1.13. The number of nitrogens with zero attached hydrogens (tertiary/aromatic N) is 2. The fourth-order valence-corrected chi connectivity index (χ4v) is 3.43. The van der Waals surface area contributed by atoms with Crippen LogP contribution in [0.5, 0.6) is 0 Å². The van der Waals surface area contributed by atoms with E-state index in [4.69, 9.17) is 4.98 Å². The number of hydrogen-bond acceptors (Lipinski definition) is 4. The third-order valence-corrected chi connectivity index (χ3v) is 5.21. The minimum Gasteiger partial charge on any atom is -0.314 e. The molecule has 18 heavy (non-hydrogen) atoms. The van der Waals surface area contributed by atoms with E-state index >= 15 is 0 Å². The van der Waals surface area contributed by atoms with Crippen molar-refractivity contribution < 1.29 is 0 Å². The van der Waals surface area contributed by atoms with E-state index in [1.807, 2.05) is 11.3 Å². The molecule has 102 valence electrons. The quantitative estimate of drug-likeness (QED) is 0.890. The van der Waals surface area contributed by atoms with Crippen molar-refractivity contribution in [2.24, 2.45) is 0 Å². The van der Waals surface area contributed by atoms with E-state index in [2.05, 4.69) is 45.0 Å². The summed E-state index contributed by atoms with van der Waals surface area (Å²) >= 11 is 1.90. The van der Waals surface area contributed by atoms with Gasteiger partial charge in [-0.1, -0.05) is 20.8 Å². The van der Waals surface area contributed by atoms with Crippen molar-refractivity contribution in [2.75, 3.05) is 26.7 Å². The van der Waals surface area contributed by atoms with Crippen molar-refractivity contribution in [3.63, 3.8) is 0 Å². The van der Waals surface area contributed by atoms with E-state index in [-0.39, 0.29) is 5.41 Å². The number of hydrogen-bond donors (Lipinski definition) is 1. The average molecular weight is 267 g/mol. The number of aromatic nitrogens is 1. The number of aryl methyl sites for hydroxylation is 1. The third kappa shape index (κ3) is 3.11. The summed E-state index contributed by atoms with van der Waals surface area (Å²) in [6, 6.07) is 0.616. The van der Waals surface area contributed by atoms with Crippen molar-refractivity contribution in [2.45, 2.75) is 45.6 Å². The van der Waals surface area contributed by atoms with E-state index in [9.17, 15) is 0 Å². The Labute approximate surface area is 115 Å². The molecule has 1 aromatic heterocycles. The molecule has 1 aromatic rings. The predicted octanol–water partition coefficient (Wildman–Crippen LogP) is 2.20. The van der Waals surface area contributed by atoms with Crippen LogP contribution in [-0.2, 0) is 11.8 Å². The molecule has 1 fully saturated rings. The third-order valence-electron chi connectivity index (χ3n) is 3.60. The van der Waals surface area contributed by atoms with Gasteiger partial charge in [-0.3, -0.25) is 0 Å². The standard InChI is InChI=1S/C14H25N3S/c1-10-12(18-13(16-10)14(2,3)4)8-11-9-15-6-7-17(11)5/h11,15H,6-9H2,1-5H3. The van der Waals surface area contributed by atoms with Crippen LogP contribution in [0.3, 0.4) is 0 Å². The molecule has 1 aliphatic rings. The van der Waals surface area contributed by atoms with Gasteiger partial charge in [0.15, 0.2) is 0 Å². The van der Waals surface area contributed by atoms with Gasteiger partial charge in [-0.15, -0.1) is 11.3 Å². The Hall–Kier alpha value is -0.450. The van der Waals surface area contributed by atoms with Crippen molar-refractivity contribution in [1.29, 1.82) is 0 Å². The lowest BCUT2D eigenvalue weighted by molar-refractivity contribution is 0.199. The molecule has 1 saturated heterocycles. The Morgan fingerprint density at radius 2 is 2.17 bits per heavy atom. The minimum atomic E-state index is 0.171. The second-order valence-corrected chi connectivity index (χ2v) is 7.40. The van der Waals surface area contributed by atoms with Crippen LogP contribution in [0.15, 0.2) is 0 Å². The maximum Gasteiger partial charge on any atom is 0.0984 e. The molecule has 1 unspecified atom stereocenters. The molecule has 0 saturated carbocycles. The van der Waals surface area contributed by atoms with E-state index < -0.39 is 0 Å². The Morgan fingerprint density at radius 3 is 2.72 bits per heavy atom. The predicted molar refractivity (Wildman–Crippen MR) is 78.5 cm³/mol. The topological polar surface area (TPSA) is 28.2 Å². The molecule has 0 bridgehead atoms. The molecule has 1 atom stereocenters. The molecule has 0 aromatic carbocycles. The van der Waals surface area contributed by atoms with Crippen LogP contribution in [0, 0.1) is 6.92 Å². The molecule has 0 amide bonds. The van der Waals surface area contributed by atoms with Gasteiger partial charge in [-0.05, 0) is 14.0 Å². The van der Waals surface area contributed by atoms with Crippen LogP contribution < -0.4 is 5.32 Å².